The van der Waals surface area contributed by atoms with Crippen LogP contribution in [0.15, 0.2) is 24.3 Å². The second-order valence-electron chi connectivity index (χ2n) is 8.28. The van der Waals surface area contributed by atoms with Crippen molar-refractivity contribution < 1.29 is 18.8 Å². The lowest BCUT2D eigenvalue weighted by Crippen LogP contribution is -2.44. The molecular weight excluding hydrogens is 447 g/mol. The van der Waals surface area contributed by atoms with Crippen LogP contribution in [0.2, 0.25) is 0 Å². The zero-order chi connectivity index (χ0) is 23.2. The van der Waals surface area contributed by atoms with Gasteiger partial charge in [0.05, 0.1) is 0 Å². The minimum absolute atomic E-state index is 0.0509. The minimum atomic E-state index is -0.512. The first kappa shape index (κ1) is 23.2. The standard InChI is InChI=1S/C22H27FN6O3S/c23-16-3-5-17(6-4-16)25-19(31)20-26-27-21(33-20)22(32)29-12-7-15(8-13-29)18(30)24-9-14-28-10-1-2-11-28/h3-6,15H,1-2,7-14H2,(H,24,30)(H,25,31). The molecular formula is C22H27FN6O3S. The molecule has 2 aromatic rings. The molecule has 2 aliphatic heterocycles. The molecule has 1 aromatic heterocycles. The van der Waals surface area contributed by atoms with E-state index in [2.05, 4.69) is 25.7 Å². The Hall–Kier alpha value is -2.92. The van der Waals surface area contributed by atoms with Crippen molar-refractivity contribution in [1.82, 2.24) is 25.3 Å². The summed E-state index contributed by atoms with van der Waals surface area (Å²) in [6.45, 7) is 4.68. The molecule has 0 radical (unpaired) electrons. The number of nitrogens with zero attached hydrogens (tertiary/aromatic N) is 4. The molecule has 0 atom stereocenters. The number of rotatable bonds is 7. The van der Waals surface area contributed by atoms with Crippen LogP contribution in [0, 0.1) is 11.7 Å². The largest absolute Gasteiger partial charge is 0.355 e. The van der Waals surface area contributed by atoms with Gasteiger partial charge in [0.25, 0.3) is 11.8 Å². The van der Waals surface area contributed by atoms with E-state index in [1.807, 2.05) is 0 Å². The second-order valence-corrected chi connectivity index (χ2v) is 9.26. The molecule has 1 aromatic carbocycles. The van der Waals surface area contributed by atoms with E-state index in [0.29, 0.717) is 38.2 Å². The highest BCUT2D eigenvalue weighted by Crippen LogP contribution is 2.21. The number of hydrogen-bond acceptors (Lipinski definition) is 7. The third-order valence-corrected chi connectivity index (χ3v) is 6.89. The third kappa shape index (κ3) is 6.11. The van der Waals surface area contributed by atoms with E-state index in [1.165, 1.54) is 37.1 Å². The quantitative estimate of drug-likeness (QED) is 0.636. The van der Waals surface area contributed by atoms with Crippen molar-refractivity contribution in [2.75, 3.05) is 44.6 Å². The number of benzene rings is 1. The van der Waals surface area contributed by atoms with Crippen molar-refractivity contribution in [3.05, 3.63) is 40.1 Å². The summed E-state index contributed by atoms with van der Waals surface area (Å²) in [7, 11) is 0. The maximum Gasteiger partial charge on any atom is 0.286 e. The summed E-state index contributed by atoms with van der Waals surface area (Å²) in [5.74, 6) is -1.25. The average Bonchev–Trinajstić information content (AvgIpc) is 3.53. The Morgan fingerprint density at radius 2 is 1.67 bits per heavy atom. The topological polar surface area (TPSA) is 108 Å². The average molecular weight is 475 g/mol. The van der Waals surface area contributed by atoms with Gasteiger partial charge in [-0.2, -0.15) is 0 Å². The lowest BCUT2D eigenvalue weighted by atomic mass is 9.96. The molecule has 2 aliphatic rings. The molecule has 0 bridgehead atoms. The molecule has 9 nitrogen and oxygen atoms in total. The van der Waals surface area contributed by atoms with Gasteiger partial charge in [0.1, 0.15) is 5.82 Å². The molecule has 3 amide bonds. The van der Waals surface area contributed by atoms with Crippen molar-refractivity contribution in [1.29, 1.82) is 0 Å². The van der Waals surface area contributed by atoms with Crippen molar-refractivity contribution in [3.8, 4) is 0 Å². The fourth-order valence-corrected chi connectivity index (χ4v) is 4.79. The van der Waals surface area contributed by atoms with Crippen LogP contribution in [0.3, 0.4) is 0 Å². The van der Waals surface area contributed by atoms with Crippen LogP contribution >= 0.6 is 11.3 Å². The van der Waals surface area contributed by atoms with Gasteiger partial charge in [-0.05, 0) is 63.0 Å². The van der Waals surface area contributed by atoms with E-state index in [0.717, 1.165) is 31.0 Å². The van der Waals surface area contributed by atoms with Crippen molar-refractivity contribution >= 4 is 34.7 Å². The van der Waals surface area contributed by atoms with Crippen LogP contribution in [-0.4, -0.2) is 77.0 Å². The Morgan fingerprint density at radius 3 is 2.36 bits per heavy atom. The predicted molar refractivity (Wildman–Crippen MR) is 122 cm³/mol. The number of likely N-dealkylation sites (tertiary alicyclic amines) is 2. The van der Waals surface area contributed by atoms with Gasteiger partial charge in [-0.1, -0.05) is 11.3 Å². The summed E-state index contributed by atoms with van der Waals surface area (Å²) in [5, 5.41) is 13.5. The first-order chi connectivity index (χ1) is 16.0. The number of nitrogens with one attached hydrogen (secondary N) is 2. The van der Waals surface area contributed by atoms with E-state index in [4.69, 9.17) is 0 Å². The molecule has 4 rings (SSSR count). The smallest absolute Gasteiger partial charge is 0.286 e. The fraction of sp³-hybridized carbons (Fsp3) is 0.500. The molecule has 2 N–H and O–H groups in total. The van der Waals surface area contributed by atoms with Crippen LogP contribution in [-0.2, 0) is 4.79 Å². The SMILES string of the molecule is O=C(Nc1ccc(F)cc1)c1nnc(C(=O)N2CCC(C(=O)NCCN3CCCC3)CC2)s1. The molecule has 2 saturated heterocycles. The molecule has 176 valence electrons. The lowest BCUT2D eigenvalue weighted by Gasteiger charge is -2.30. The molecule has 0 aliphatic carbocycles. The van der Waals surface area contributed by atoms with E-state index in [1.54, 1.807) is 4.90 Å². The summed E-state index contributed by atoms with van der Waals surface area (Å²) < 4.78 is 13.0. The van der Waals surface area contributed by atoms with Crippen molar-refractivity contribution in [2.45, 2.75) is 25.7 Å². The first-order valence-corrected chi connectivity index (χ1v) is 12.0. The van der Waals surface area contributed by atoms with Gasteiger partial charge >= 0.3 is 0 Å². The molecule has 11 heteroatoms. The summed E-state index contributed by atoms with van der Waals surface area (Å²) in [4.78, 5) is 41.6. The molecule has 0 saturated carbocycles. The molecule has 2 fully saturated rings. The Bertz CT molecular complexity index is 984. The number of carbonyl (C=O) groups is 3. The van der Waals surface area contributed by atoms with Gasteiger partial charge in [-0.3, -0.25) is 14.4 Å². The van der Waals surface area contributed by atoms with Crippen LogP contribution in [0.4, 0.5) is 10.1 Å². The monoisotopic (exact) mass is 474 g/mol. The van der Waals surface area contributed by atoms with Crippen LogP contribution in [0.5, 0.6) is 0 Å². The van der Waals surface area contributed by atoms with E-state index in [9.17, 15) is 18.8 Å². The summed E-state index contributed by atoms with van der Waals surface area (Å²) >= 11 is 0.912. The van der Waals surface area contributed by atoms with E-state index in [-0.39, 0.29) is 27.7 Å². The zero-order valence-corrected chi connectivity index (χ0v) is 19.1. The van der Waals surface area contributed by atoms with Gasteiger partial charge in [0.2, 0.25) is 15.9 Å². The maximum atomic E-state index is 13.0. The third-order valence-electron chi connectivity index (χ3n) is 5.98. The zero-order valence-electron chi connectivity index (χ0n) is 18.3. The molecule has 33 heavy (non-hydrogen) atoms. The number of anilines is 1. The predicted octanol–water partition coefficient (Wildman–Crippen LogP) is 1.99. The Kier molecular flexibility index (Phi) is 7.61. The lowest BCUT2D eigenvalue weighted by molar-refractivity contribution is -0.126. The van der Waals surface area contributed by atoms with Crippen LogP contribution in [0.25, 0.3) is 0 Å². The van der Waals surface area contributed by atoms with Crippen molar-refractivity contribution in [3.63, 3.8) is 0 Å². The number of amides is 3. The fourth-order valence-electron chi connectivity index (χ4n) is 4.09. The Balaban J connectivity index is 1.23. The van der Waals surface area contributed by atoms with E-state index < -0.39 is 11.7 Å². The number of halogens is 1. The minimum Gasteiger partial charge on any atom is -0.355 e. The van der Waals surface area contributed by atoms with Gasteiger partial charge in [-0.15, -0.1) is 10.2 Å². The summed E-state index contributed by atoms with van der Waals surface area (Å²) in [5.41, 5.74) is 0.422. The highest BCUT2D eigenvalue weighted by atomic mass is 32.1. The number of carbonyl (C=O) groups excluding carboxylic acids is 3. The van der Waals surface area contributed by atoms with Gasteiger partial charge in [0.15, 0.2) is 0 Å². The number of hydrogen-bond donors (Lipinski definition) is 2. The molecule has 3 heterocycles. The number of aromatic nitrogens is 2. The van der Waals surface area contributed by atoms with E-state index >= 15 is 0 Å². The Labute approximate surface area is 195 Å². The van der Waals surface area contributed by atoms with Gasteiger partial charge < -0.3 is 20.4 Å². The number of piperidine rings is 1. The Morgan fingerprint density at radius 1 is 1.00 bits per heavy atom. The molecule has 0 spiro atoms. The van der Waals surface area contributed by atoms with Crippen molar-refractivity contribution in [2.24, 2.45) is 5.92 Å². The molecule has 0 unspecified atom stereocenters. The van der Waals surface area contributed by atoms with Gasteiger partial charge in [0, 0.05) is 37.8 Å². The van der Waals surface area contributed by atoms with Crippen LogP contribution < -0.4 is 10.6 Å². The second kappa shape index (κ2) is 10.8. The summed E-state index contributed by atoms with van der Waals surface area (Å²) in [6.07, 6.45) is 3.65. The van der Waals surface area contributed by atoms with Crippen LogP contribution in [0.1, 0.15) is 45.3 Å². The maximum absolute atomic E-state index is 13.0. The highest BCUT2D eigenvalue weighted by Gasteiger charge is 2.30. The highest BCUT2D eigenvalue weighted by molar-refractivity contribution is 7.15. The van der Waals surface area contributed by atoms with Gasteiger partial charge in [-0.25, -0.2) is 4.39 Å². The summed E-state index contributed by atoms with van der Waals surface area (Å²) in [6, 6.07) is 5.35. The first-order valence-electron chi connectivity index (χ1n) is 11.2. The normalized spacial score (nSPS) is 17.2.